The number of carbonyl (C=O) groups excluding carboxylic acids is 2. The zero-order valence-corrected chi connectivity index (χ0v) is 17.4. The molecular formula is C21H26ClN3O3. The highest BCUT2D eigenvalue weighted by molar-refractivity contribution is 6.30. The van der Waals surface area contributed by atoms with E-state index in [9.17, 15) is 9.59 Å². The molecule has 28 heavy (non-hydrogen) atoms. The van der Waals surface area contributed by atoms with Crippen molar-refractivity contribution in [3.05, 3.63) is 41.0 Å². The highest BCUT2D eigenvalue weighted by Gasteiger charge is 2.39. The second-order valence-corrected chi connectivity index (χ2v) is 8.48. The molecule has 150 valence electrons. The van der Waals surface area contributed by atoms with E-state index in [4.69, 9.17) is 16.1 Å². The van der Waals surface area contributed by atoms with Gasteiger partial charge in [-0.1, -0.05) is 44.5 Å². The number of piperazine rings is 1. The fourth-order valence-electron chi connectivity index (χ4n) is 3.36. The molecule has 1 aromatic heterocycles. The first kappa shape index (κ1) is 20.4. The third kappa shape index (κ3) is 4.38. The first-order chi connectivity index (χ1) is 13.3. The van der Waals surface area contributed by atoms with E-state index in [1.807, 2.05) is 39.8 Å². The Kier molecular flexibility index (Phi) is 6.08. The van der Waals surface area contributed by atoms with Gasteiger partial charge in [0.2, 0.25) is 5.91 Å². The normalized spacial score (nSPS) is 20.0. The molecule has 1 aliphatic heterocycles. The molecule has 0 unspecified atom stereocenters. The average Bonchev–Trinajstić information content (AvgIpc) is 3.13. The predicted octanol–water partition coefficient (Wildman–Crippen LogP) is 4.01. The largest absolute Gasteiger partial charge is 0.355 e. The first-order valence-corrected chi connectivity index (χ1v) is 9.98. The van der Waals surface area contributed by atoms with Crippen molar-refractivity contribution in [3.63, 3.8) is 0 Å². The summed E-state index contributed by atoms with van der Waals surface area (Å²) >= 11 is 5.92. The van der Waals surface area contributed by atoms with Crippen LogP contribution >= 0.6 is 11.6 Å². The van der Waals surface area contributed by atoms with Gasteiger partial charge >= 0.3 is 0 Å². The van der Waals surface area contributed by atoms with Gasteiger partial charge < -0.3 is 14.7 Å². The van der Waals surface area contributed by atoms with Crippen LogP contribution in [0, 0.1) is 11.8 Å². The van der Waals surface area contributed by atoms with Crippen LogP contribution in [0.1, 0.15) is 44.6 Å². The van der Waals surface area contributed by atoms with Crippen LogP contribution in [0.5, 0.6) is 0 Å². The molecule has 2 heterocycles. The van der Waals surface area contributed by atoms with Gasteiger partial charge in [0.15, 0.2) is 11.5 Å². The maximum Gasteiger partial charge on any atom is 0.276 e. The third-order valence-electron chi connectivity index (χ3n) is 5.02. The van der Waals surface area contributed by atoms with Crippen molar-refractivity contribution in [3.8, 4) is 11.3 Å². The smallest absolute Gasteiger partial charge is 0.276 e. The van der Waals surface area contributed by atoms with E-state index < -0.39 is 6.04 Å². The van der Waals surface area contributed by atoms with Gasteiger partial charge in [-0.05, 0) is 42.5 Å². The van der Waals surface area contributed by atoms with E-state index in [0.717, 1.165) is 5.56 Å². The summed E-state index contributed by atoms with van der Waals surface area (Å²) in [5.74, 6) is 0.607. The molecule has 1 saturated heterocycles. The highest BCUT2D eigenvalue weighted by Crippen LogP contribution is 2.25. The summed E-state index contributed by atoms with van der Waals surface area (Å²) in [5, 5.41) is 7.64. The Labute approximate surface area is 170 Å². The number of halogens is 1. The first-order valence-electron chi connectivity index (χ1n) is 9.60. The summed E-state index contributed by atoms with van der Waals surface area (Å²) in [6.45, 7) is 8.61. The molecule has 0 spiro atoms. The second kappa shape index (κ2) is 8.35. The van der Waals surface area contributed by atoms with Crippen LogP contribution in [0.4, 0.5) is 0 Å². The van der Waals surface area contributed by atoms with Crippen molar-refractivity contribution in [1.82, 2.24) is 15.4 Å². The number of benzene rings is 1. The molecule has 1 aromatic carbocycles. The summed E-state index contributed by atoms with van der Waals surface area (Å²) in [6.07, 6.45) is 0.601. The predicted molar refractivity (Wildman–Crippen MR) is 108 cm³/mol. The molecule has 0 bridgehead atoms. The Hall–Kier alpha value is -2.34. The fraction of sp³-hybridized carbons (Fsp3) is 0.476. The van der Waals surface area contributed by atoms with Crippen LogP contribution < -0.4 is 5.32 Å². The van der Waals surface area contributed by atoms with Crippen molar-refractivity contribution in [2.45, 2.75) is 46.2 Å². The summed E-state index contributed by atoms with van der Waals surface area (Å²) in [5.41, 5.74) is 0.988. The number of nitrogens with zero attached hydrogens (tertiary/aromatic N) is 2. The van der Waals surface area contributed by atoms with Crippen LogP contribution in [0.15, 0.2) is 34.9 Å². The summed E-state index contributed by atoms with van der Waals surface area (Å²) < 4.78 is 5.38. The molecule has 0 radical (unpaired) electrons. The van der Waals surface area contributed by atoms with Gasteiger partial charge in [-0.25, -0.2) is 0 Å². The van der Waals surface area contributed by atoms with Gasteiger partial charge in [0.05, 0.1) is 0 Å². The number of nitrogens with one attached hydrogen (secondary N) is 1. The molecule has 1 N–H and O–H groups in total. The van der Waals surface area contributed by atoms with Crippen LogP contribution in [-0.2, 0) is 4.79 Å². The lowest BCUT2D eigenvalue weighted by Crippen LogP contribution is -2.63. The number of aromatic nitrogens is 1. The quantitative estimate of drug-likeness (QED) is 0.818. The Morgan fingerprint density at radius 1 is 1.29 bits per heavy atom. The molecule has 2 amide bonds. The summed E-state index contributed by atoms with van der Waals surface area (Å²) in [6, 6.07) is 8.16. The number of rotatable bonds is 5. The van der Waals surface area contributed by atoms with E-state index in [1.54, 1.807) is 23.1 Å². The molecule has 0 aliphatic carbocycles. The van der Waals surface area contributed by atoms with E-state index in [-0.39, 0.29) is 35.4 Å². The lowest BCUT2D eigenvalue weighted by molar-refractivity contribution is -0.130. The zero-order valence-electron chi connectivity index (χ0n) is 16.6. The minimum Gasteiger partial charge on any atom is -0.355 e. The molecule has 2 atom stereocenters. The van der Waals surface area contributed by atoms with Gasteiger partial charge in [0.25, 0.3) is 5.91 Å². The monoisotopic (exact) mass is 403 g/mol. The number of carbonyl (C=O) groups is 2. The van der Waals surface area contributed by atoms with Crippen LogP contribution in [-0.4, -0.2) is 40.5 Å². The van der Waals surface area contributed by atoms with E-state index in [1.165, 1.54) is 0 Å². The molecule has 6 nitrogen and oxygen atoms in total. The van der Waals surface area contributed by atoms with Gasteiger partial charge in [-0.2, -0.15) is 0 Å². The maximum atomic E-state index is 13.2. The lowest BCUT2D eigenvalue weighted by Gasteiger charge is -2.41. The number of hydrogen-bond acceptors (Lipinski definition) is 4. The van der Waals surface area contributed by atoms with Crippen molar-refractivity contribution < 1.29 is 14.1 Å². The van der Waals surface area contributed by atoms with Gasteiger partial charge in [-0.3, -0.25) is 9.59 Å². The maximum absolute atomic E-state index is 13.2. The molecule has 2 aromatic rings. The van der Waals surface area contributed by atoms with Crippen molar-refractivity contribution in [2.24, 2.45) is 11.8 Å². The Balaban J connectivity index is 1.87. The molecule has 1 fully saturated rings. The fourth-order valence-corrected chi connectivity index (χ4v) is 3.49. The minimum atomic E-state index is -0.502. The molecule has 3 rings (SSSR count). The van der Waals surface area contributed by atoms with Gasteiger partial charge in [-0.15, -0.1) is 0 Å². The molecule has 0 saturated carbocycles. The highest BCUT2D eigenvalue weighted by atomic mass is 35.5. The van der Waals surface area contributed by atoms with Gasteiger partial charge in [0, 0.05) is 29.2 Å². The lowest BCUT2D eigenvalue weighted by atomic mass is 9.94. The Morgan fingerprint density at radius 2 is 1.96 bits per heavy atom. The van der Waals surface area contributed by atoms with Crippen molar-refractivity contribution >= 4 is 23.4 Å². The van der Waals surface area contributed by atoms with E-state index >= 15 is 0 Å². The number of hydrogen-bond donors (Lipinski definition) is 1. The van der Waals surface area contributed by atoms with Crippen LogP contribution in [0.3, 0.4) is 0 Å². The topological polar surface area (TPSA) is 75.4 Å². The van der Waals surface area contributed by atoms with Crippen LogP contribution in [0.25, 0.3) is 11.3 Å². The minimum absolute atomic E-state index is 0.0810. The van der Waals surface area contributed by atoms with Gasteiger partial charge in [0.1, 0.15) is 6.04 Å². The van der Waals surface area contributed by atoms with Crippen molar-refractivity contribution in [1.29, 1.82) is 0 Å². The summed E-state index contributed by atoms with van der Waals surface area (Å²) in [4.78, 5) is 27.5. The zero-order chi connectivity index (χ0) is 20.4. The summed E-state index contributed by atoms with van der Waals surface area (Å²) in [7, 11) is 0. The Bertz CT molecular complexity index is 845. The molecule has 1 aliphatic rings. The molecule has 7 heteroatoms. The molecular weight excluding hydrogens is 378 g/mol. The second-order valence-electron chi connectivity index (χ2n) is 8.05. The van der Waals surface area contributed by atoms with E-state index in [2.05, 4.69) is 10.5 Å². The number of amides is 2. The van der Waals surface area contributed by atoms with Crippen LogP contribution in [0.2, 0.25) is 5.02 Å². The van der Waals surface area contributed by atoms with Crippen molar-refractivity contribution in [2.75, 3.05) is 6.54 Å². The third-order valence-corrected chi connectivity index (χ3v) is 5.27. The SMILES string of the molecule is CC(C)C[C@H]1C(=O)N[C@@H](C(C)C)CN1C(=O)c1cc(-c2ccc(Cl)cc2)on1. The van der Waals surface area contributed by atoms with E-state index in [0.29, 0.717) is 23.7 Å². The Morgan fingerprint density at radius 3 is 2.57 bits per heavy atom. The average molecular weight is 404 g/mol. The standard InChI is InChI=1S/C21H26ClN3O3/c1-12(2)9-18-20(26)23-17(13(3)4)11-25(18)21(27)16-10-19(28-24-16)14-5-7-15(22)8-6-14/h5-8,10,12-13,17-18H,9,11H2,1-4H3,(H,23,26)/t17-,18+/m1/s1.